The first-order valence-corrected chi connectivity index (χ1v) is 11.4. The first-order valence-electron chi connectivity index (χ1n) is 11.1. The lowest BCUT2D eigenvalue weighted by Crippen LogP contribution is -2.31. The van der Waals surface area contributed by atoms with Crippen molar-refractivity contribution in [2.24, 2.45) is 0 Å². The maximum absolute atomic E-state index is 11.9. The highest BCUT2D eigenvalue weighted by atomic mass is 35.5. The number of ether oxygens (including phenoxy) is 1. The standard InChI is InChI=1S/C27H23ClN4O2/c1-34-27(33)20-5-2-4-19(14-20)24-7-3-6-23(30-24)17-32-13-12-25-21(16-32)15-29-26(31-25)18-8-10-22(28)11-9-18/h2-11,14-15H,12-13,16-17H2,1H3. The van der Waals surface area contributed by atoms with Gasteiger partial charge in [-0.3, -0.25) is 9.88 Å². The van der Waals surface area contributed by atoms with E-state index in [2.05, 4.69) is 9.88 Å². The smallest absolute Gasteiger partial charge is 0.337 e. The topological polar surface area (TPSA) is 68.2 Å². The molecule has 170 valence electrons. The fourth-order valence-electron chi connectivity index (χ4n) is 4.13. The van der Waals surface area contributed by atoms with E-state index >= 15 is 0 Å². The van der Waals surface area contributed by atoms with Crippen molar-refractivity contribution in [3.63, 3.8) is 0 Å². The van der Waals surface area contributed by atoms with Crippen molar-refractivity contribution in [3.05, 3.63) is 100 Å². The lowest BCUT2D eigenvalue weighted by molar-refractivity contribution is 0.0601. The van der Waals surface area contributed by atoms with E-state index in [-0.39, 0.29) is 5.97 Å². The molecule has 0 radical (unpaired) electrons. The van der Waals surface area contributed by atoms with Crippen LogP contribution in [0.4, 0.5) is 0 Å². The van der Waals surface area contributed by atoms with Gasteiger partial charge in [-0.25, -0.2) is 14.8 Å². The number of benzene rings is 2. The summed E-state index contributed by atoms with van der Waals surface area (Å²) in [6.45, 7) is 2.40. The number of aromatic nitrogens is 3. The molecule has 1 aliphatic rings. The van der Waals surface area contributed by atoms with Crippen molar-refractivity contribution in [1.29, 1.82) is 0 Å². The third kappa shape index (κ3) is 4.83. The largest absolute Gasteiger partial charge is 0.465 e. The summed E-state index contributed by atoms with van der Waals surface area (Å²) in [7, 11) is 1.38. The molecule has 6 nitrogen and oxygen atoms in total. The van der Waals surface area contributed by atoms with Crippen LogP contribution in [0.1, 0.15) is 27.3 Å². The third-order valence-corrected chi connectivity index (χ3v) is 6.14. The number of rotatable bonds is 5. The molecule has 1 aliphatic heterocycles. The predicted molar refractivity (Wildman–Crippen MR) is 131 cm³/mol. The van der Waals surface area contributed by atoms with Gasteiger partial charge >= 0.3 is 5.97 Å². The van der Waals surface area contributed by atoms with Crippen LogP contribution in [0.2, 0.25) is 5.02 Å². The lowest BCUT2D eigenvalue weighted by atomic mass is 10.1. The van der Waals surface area contributed by atoms with Crippen LogP contribution in [0.25, 0.3) is 22.6 Å². The summed E-state index contributed by atoms with van der Waals surface area (Å²) in [5.41, 5.74) is 6.41. The summed E-state index contributed by atoms with van der Waals surface area (Å²) in [6.07, 6.45) is 2.79. The Hall–Kier alpha value is -3.61. The number of hydrogen-bond acceptors (Lipinski definition) is 6. The number of esters is 1. The SMILES string of the molecule is COC(=O)c1cccc(-c2cccc(CN3CCc4nc(-c5ccc(Cl)cc5)ncc4C3)n2)c1. The highest BCUT2D eigenvalue weighted by Crippen LogP contribution is 2.24. The Morgan fingerprint density at radius 1 is 1.03 bits per heavy atom. The summed E-state index contributed by atoms with van der Waals surface area (Å²) in [4.78, 5) is 28.5. The molecule has 2 aromatic heterocycles. The Kier molecular flexibility index (Phi) is 6.34. The van der Waals surface area contributed by atoms with Gasteiger partial charge in [-0.15, -0.1) is 0 Å². The van der Waals surface area contributed by atoms with Crippen molar-refractivity contribution in [1.82, 2.24) is 19.9 Å². The van der Waals surface area contributed by atoms with Gasteiger partial charge in [0, 0.05) is 54.0 Å². The lowest BCUT2D eigenvalue weighted by Gasteiger charge is -2.27. The number of carbonyl (C=O) groups is 1. The van der Waals surface area contributed by atoms with E-state index in [9.17, 15) is 4.79 Å². The van der Waals surface area contributed by atoms with Crippen molar-refractivity contribution in [2.45, 2.75) is 19.5 Å². The number of halogens is 1. The molecule has 0 fully saturated rings. The molecular weight excluding hydrogens is 448 g/mol. The zero-order valence-electron chi connectivity index (χ0n) is 18.7. The van der Waals surface area contributed by atoms with Crippen LogP contribution in [-0.4, -0.2) is 39.5 Å². The van der Waals surface area contributed by atoms with Gasteiger partial charge < -0.3 is 4.74 Å². The Bertz CT molecular complexity index is 1340. The van der Waals surface area contributed by atoms with Crippen LogP contribution in [0.15, 0.2) is 72.9 Å². The van der Waals surface area contributed by atoms with Crippen molar-refractivity contribution in [3.8, 4) is 22.6 Å². The molecule has 0 saturated carbocycles. The molecule has 0 spiro atoms. The fraction of sp³-hybridized carbons (Fsp3) is 0.185. The van der Waals surface area contributed by atoms with Crippen LogP contribution in [0, 0.1) is 0 Å². The first kappa shape index (κ1) is 22.2. The molecule has 0 aliphatic carbocycles. The number of methoxy groups -OCH3 is 1. The predicted octanol–water partition coefficient (Wildman–Crippen LogP) is 5.20. The summed E-state index contributed by atoms with van der Waals surface area (Å²) in [5.74, 6) is 0.374. The fourth-order valence-corrected chi connectivity index (χ4v) is 4.25. The van der Waals surface area contributed by atoms with Crippen LogP contribution in [-0.2, 0) is 24.2 Å². The number of nitrogens with zero attached hydrogens (tertiary/aromatic N) is 4. The molecule has 0 N–H and O–H groups in total. The van der Waals surface area contributed by atoms with Crippen molar-refractivity contribution >= 4 is 17.6 Å². The average Bonchev–Trinajstić information content (AvgIpc) is 2.88. The molecule has 2 aromatic carbocycles. The number of carbonyl (C=O) groups excluding carboxylic acids is 1. The number of pyridine rings is 1. The Labute approximate surface area is 203 Å². The average molecular weight is 471 g/mol. The van der Waals surface area contributed by atoms with Crippen molar-refractivity contribution < 1.29 is 9.53 Å². The van der Waals surface area contributed by atoms with E-state index in [1.807, 2.05) is 66.9 Å². The van der Waals surface area contributed by atoms with E-state index in [1.54, 1.807) is 6.07 Å². The van der Waals surface area contributed by atoms with E-state index in [0.29, 0.717) is 10.6 Å². The molecular formula is C27H23ClN4O2. The normalized spacial score (nSPS) is 13.4. The maximum Gasteiger partial charge on any atom is 0.337 e. The minimum absolute atomic E-state index is 0.355. The quantitative estimate of drug-likeness (QED) is 0.373. The zero-order chi connectivity index (χ0) is 23.5. The highest BCUT2D eigenvalue weighted by molar-refractivity contribution is 6.30. The van der Waals surface area contributed by atoms with Crippen LogP contribution >= 0.6 is 11.6 Å². The molecule has 7 heteroatoms. The van der Waals surface area contributed by atoms with Gasteiger partial charge in [0.05, 0.1) is 29.8 Å². The number of fused-ring (bicyclic) bond motifs is 1. The van der Waals surface area contributed by atoms with E-state index < -0.39 is 0 Å². The monoisotopic (exact) mass is 470 g/mol. The van der Waals surface area contributed by atoms with Gasteiger partial charge in [-0.05, 0) is 48.5 Å². The van der Waals surface area contributed by atoms with Gasteiger partial charge in [0.2, 0.25) is 0 Å². The van der Waals surface area contributed by atoms with Crippen LogP contribution in [0.3, 0.4) is 0 Å². The Morgan fingerprint density at radius 3 is 2.68 bits per heavy atom. The molecule has 4 aromatic rings. The molecule has 0 saturated heterocycles. The van der Waals surface area contributed by atoms with Crippen LogP contribution < -0.4 is 0 Å². The van der Waals surface area contributed by atoms with E-state index in [4.69, 9.17) is 26.3 Å². The summed E-state index contributed by atoms with van der Waals surface area (Å²) < 4.78 is 4.84. The summed E-state index contributed by atoms with van der Waals surface area (Å²) in [5, 5.41) is 0.700. The molecule has 0 amide bonds. The van der Waals surface area contributed by atoms with Gasteiger partial charge in [-0.2, -0.15) is 0 Å². The Balaban J connectivity index is 1.30. The highest BCUT2D eigenvalue weighted by Gasteiger charge is 2.19. The minimum Gasteiger partial charge on any atom is -0.465 e. The van der Waals surface area contributed by atoms with E-state index in [1.165, 1.54) is 7.11 Å². The molecule has 0 bridgehead atoms. The van der Waals surface area contributed by atoms with Crippen molar-refractivity contribution in [2.75, 3.05) is 13.7 Å². The van der Waals surface area contributed by atoms with Gasteiger partial charge in [0.15, 0.2) is 5.82 Å². The zero-order valence-corrected chi connectivity index (χ0v) is 19.5. The molecule has 5 rings (SSSR count). The van der Waals surface area contributed by atoms with E-state index in [0.717, 1.165) is 65.7 Å². The van der Waals surface area contributed by atoms with Crippen LogP contribution in [0.5, 0.6) is 0 Å². The third-order valence-electron chi connectivity index (χ3n) is 5.89. The van der Waals surface area contributed by atoms with Gasteiger partial charge in [-0.1, -0.05) is 29.8 Å². The molecule has 0 unspecified atom stereocenters. The summed E-state index contributed by atoms with van der Waals surface area (Å²) in [6, 6.07) is 20.9. The first-order chi connectivity index (χ1) is 16.6. The second kappa shape index (κ2) is 9.71. The summed E-state index contributed by atoms with van der Waals surface area (Å²) >= 11 is 6.00. The molecule has 3 heterocycles. The molecule has 34 heavy (non-hydrogen) atoms. The van der Waals surface area contributed by atoms with Gasteiger partial charge in [0.25, 0.3) is 0 Å². The second-order valence-electron chi connectivity index (χ2n) is 8.22. The van der Waals surface area contributed by atoms with Gasteiger partial charge in [0.1, 0.15) is 0 Å². The minimum atomic E-state index is -0.355. The maximum atomic E-state index is 11.9. The number of hydrogen-bond donors (Lipinski definition) is 0. The second-order valence-corrected chi connectivity index (χ2v) is 8.66. The molecule has 0 atom stereocenters. The Morgan fingerprint density at radius 2 is 1.85 bits per heavy atom.